The Labute approximate surface area is 130 Å². The number of nitrogens with zero attached hydrogens (tertiary/aromatic N) is 4. The average Bonchev–Trinajstić information content (AvgIpc) is 3.04. The zero-order valence-corrected chi connectivity index (χ0v) is 12.5. The maximum Gasteiger partial charge on any atom is 0.219 e. The van der Waals surface area contributed by atoms with Crippen LogP contribution in [0, 0.1) is 0 Å². The third-order valence-corrected chi connectivity index (χ3v) is 4.41. The number of nitrogen functional groups attached to an aromatic ring is 1. The van der Waals surface area contributed by atoms with Gasteiger partial charge in [-0.05, 0) is 23.4 Å². The van der Waals surface area contributed by atoms with Crippen molar-refractivity contribution in [2.75, 3.05) is 18.9 Å². The predicted molar refractivity (Wildman–Crippen MR) is 86.3 cm³/mol. The zero-order valence-electron chi connectivity index (χ0n) is 11.7. The molecule has 1 aliphatic heterocycles. The Balaban J connectivity index is 1.90. The van der Waals surface area contributed by atoms with Gasteiger partial charge in [0.25, 0.3) is 0 Å². The Morgan fingerprint density at radius 1 is 1.18 bits per heavy atom. The summed E-state index contributed by atoms with van der Waals surface area (Å²) in [7, 11) is 0. The Morgan fingerprint density at radius 3 is 2.82 bits per heavy atom. The molecule has 2 N–H and O–H groups in total. The second-order valence-electron chi connectivity index (χ2n) is 4.92. The number of rotatable bonds is 2. The topological polar surface area (TPSA) is 86.8 Å². The fourth-order valence-corrected chi connectivity index (χ4v) is 3.26. The van der Waals surface area contributed by atoms with Crippen LogP contribution in [0.1, 0.15) is 12.1 Å². The van der Waals surface area contributed by atoms with Crippen molar-refractivity contribution >= 4 is 33.1 Å². The highest BCUT2D eigenvalue weighted by Gasteiger charge is 2.16. The number of anilines is 1. The van der Waals surface area contributed by atoms with Crippen LogP contribution in [-0.4, -0.2) is 33.1 Å². The summed E-state index contributed by atoms with van der Waals surface area (Å²) < 4.78 is 6.50. The quantitative estimate of drug-likeness (QED) is 0.782. The number of fused-ring (bicyclic) bond motifs is 1. The Morgan fingerprint density at radius 2 is 2.05 bits per heavy atom. The molecule has 3 aromatic heterocycles. The smallest absolute Gasteiger partial charge is 0.219 e. The van der Waals surface area contributed by atoms with Crippen molar-refractivity contribution in [3.63, 3.8) is 0 Å². The maximum atomic E-state index is 5.54. The van der Waals surface area contributed by atoms with Gasteiger partial charge < -0.3 is 10.5 Å². The van der Waals surface area contributed by atoms with Crippen molar-refractivity contribution in [3.8, 4) is 11.4 Å². The van der Waals surface area contributed by atoms with E-state index in [-0.39, 0.29) is 5.95 Å². The number of hydrogen-bond acceptors (Lipinski definition) is 7. The van der Waals surface area contributed by atoms with Gasteiger partial charge in [-0.1, -0.05) is 6.08 Å². The standard InChI is InChI=1S/C15H13N5OS/c16-15-17-7-10(8-18-15)14-19-11-3-6-22-13(11)12(20-14)9-1-4-21-5-2-9/h1,3,6-8H,2,4-5H2,(H2,16,17,18). The molecule has 0 unspecified atom stereocenters. The van der Waals surface area contributed by atoms with E-state index in [4.69, 9.17) is 15.5 Å². The molecule has 0 atom stereocenters. The summed E-state index contributed by atoms with van der Waals surface area (Å²) in [4.78, 5) is 17.4. The van der Waals surface area contributed by atoms with Gasteiger partial charge in [0.1, 0.15) is 0 Å². The van der Waals surface area contributed by atoms with Gasteiger partial charge in [0.2, 0.25) is 5.95 Å². The highest BCUT2D eigenvalue weighted by atomic mass is 32.1. The number of hydrogen-bond donors (Lipinski definition) is 1. The van der Waals surface area contributed by atoms with Gasteiger partial charge >= 0.3 is 0 Å². The molecular formula is C15H13N5OS. The lowest BCUT2D eigenvalue weighted by atomic mass is 10.1. The van der Waals surface area contributed by atoms with Gasteiger partial charge in [0, 0.05) is 12.4 Å². The lowest BCUT2D eigenvalue weighted by Gasteiger charge is -2.14. The molecule has 6 nitrogen and oxygen atoms in total. The van der Waals surface area contributed by atoms with Crippen molar-refractivity contribution < 1.29 is 4.74 Å². The normalized spacial score (nSPS) is 15.0. The van der Waals surface area contributed by atoms with E-state index in [1.807, 2.05) is 11.4 Å². The lowest BCUT2D eigenvalue weighted by molar-refractivity contribution is 0.161. The maximum absolute atomic E-state index is 5.54. The van der Waals surface area contributed by atoms with Crippen molar-refractivity contribution in [2.45, 2.75) is 6.42 Å². The van der Waals surface area contributed by atoms with Crippen LogP contribution >= 0.6 is 11.3 Å². The van der Waals surface area contributed by atoms with Gasteiger partial charge in [-0.3, -0.25) is 0 Å². The average molecular weight is 311 g/mol. The first-order valence-corrected chi connectivity index (χ1v) is 7.79. The third-order valence-electron chi connectivity index (χ3n) is 3.50. The first-order chi connectivity index (χ1) is 10.8. The predicted octanol–water partition coefficient (Wildman–Crippen LogP) is 2.53. The van der Waals surface area contributed by atoms with E-state index in [2.05, 4.69) is 21.0 Å². The summed E-state index contributed by atoms with van der Waals surface area (Å²) in [5.74, 6) is 0.862. The summed E-state index contributed by atoms with van der Waals surface area (Å²) >= 11 is 1.66. The van der Waals surface area contributed by atoms with Crippen LogP contribution in [0.3, 0.4) is 0 Å². The van der Waals surface area contributed by atoms with E-state index in [9.17, 15) is 0 Å². The van der Waals surface area contributed by atoms with Crippen LogP contribution in [0.5, 0.6) is 0 Å². The second-order valence-corrected chi connectivity index (χ2v) is 5.83. The SMILES string of the molecule is Nc1ncc(-c2nc(C3=CCOCC3)c3sccc3n2)cn1. The van der Waals surface area contributed by atoms with E-state index in [0.29, 0.717) is 12.4 Å². The summed E-state index contributed by atoms with van der Waals surface area (Å²) in [6.07, 6.45) is 6.26. The van der Waals surface area contributed by atoms with Crippen molar-refractivity contribution in [3.05, 3.63) is 35.6 Å². The van der Waals surface area contributed by atoms with Gasteiger partial charge in [0.15, 0.2) is 5.82 Å². The molecule has 7 heteroatoms. The van der Waals surface area contributed by atoms with E-state index in [0.717, 1.165) is 34.5 Å². The van der Waals surface area contributed by atoms with Gasteiger partial charge in [-0.2, -0.15) is 0 Å². The molecule has 22 heavy (non-hydrogen) atoms. The lowest BCUT2D eigenvalue weighted by Crippen LogP contribution is -2.06. The fourth-order valence-electron chi connectivity index (χ4n) is 2.41. The molecule has 0 fully saturated rings. The number of nitrogens with two attached hydrogens (primary N) is 1. The molecule has 0 bridgehead atoms. The first-order valence-electron chi connectivity index (χ1n) is 6.91. The van der Waals surface area contributed by atoms with Crippen molar-refractivity contribution in [2.24, 2.45) is 0 Å². The Bertz CT molecular complexity index is 856. The molecular weight excluding hydrogens is 298 g/mol. The Kier molecular flexibility index (Phi) is 3.28. The van der Waals surface area contributed by atoms with Gasteiger partial charge in [0.05, 0.1) is 34.7 Å². The molecule has 0 spiro atoms. The highest BCUT2D eigenvalue weighted by Crippen LogP contribution is 2.31. The molecule has 4 heterocycles. The molecule has 0 radical (unpaired) electrons. The van der Waals surface area contributed by atoms with Crippen LogP contribution < -0.4 is 5.73 Å². The highest BCUT2D eigenvalue weighted by molar-refractivity contribution is 7.17. The summed E-state index contributed by atoms with van der Waals surface area (Å²) in [6.45, 7) is 1.36. The van der Waals surface area contributed by atoms with E-state index in [1.54, 1.807) is 23.7 Å². The molecule has 0 saturated carbocycles. The zero-order chi connectivity index (χ0) is 14.9. The van der Waals surface area contributed by atoms with Crippen LogP contribution in [0.25, 0.3) is 27.2 Å². The van der Waals surface area contributed by atoms with Crippen LogP contribution in [0.4, 0.5) is 5.95 Å². The fraction of sp³-hybridized carbons (Fsp3) is 0.200. The van der Waals surface area contributed by atoms with Gasteiger partial charge in [-0.15, -0.1) is 11.3 Å². The number of aromatic nitrogens is 4. The number of ether oxygens (including phenoxy) is 1. The molecule has 0 aromatic carbocycles. The molecule has 3 aromatic rings. The minimum Gasteiger partial charge on any atom is -0.377 e. The van der Waals surface area contributed by atoms with Crippen molar-refractivity contribution in [1.82, 2.24) is 19.9 Å². The minimum absolute atomic E-state index is 0.243. The van der Waals surface area contributed by atoms with Gasteiger partial charge in [-0.25, -0.2) is 19.9 Å². The molecule has 0 saturated heterocycles. The second kappa shape index (κ2) is 5.43. The monoisotopic (exact) mass is 311 g/mol. The summed E-state index contributed by atoms with van der Waals surface area (Å²) in [5.41, 5.74) is 9.43. The number of thiophene rings is 1. The molecule has 1 aliphatic rings. The first kappa shape index (κ1) is 13.3. The largest absolute Gasteiger partial charge is 0.377 e. The molecule has 110 valence electrons. The Hall–Kier alpha value is -2.38. The molecule has 0 amide bonds. The van der Waals surface area contributed by atoms with Crippen LogP contribution in [-0.2, 0) is 4.74 Å². The third kappa shape index (κ3) is 2.34. The van der Waals surface area contributed by atoms with E-state index in [1.165, 1.54) is 5.57 Å². The van der Waals surface area contributed by atoms with Crippen LogP contribution in [0.15, 0.2) is 29.9 Å². The minimum atomic E-state index is 0.243. The van der Waals surface area contributed by atoms with E-state index < -0.39 is 0 Å². The van der Waals surface area contributed by atoms with Crippen LogP contribution in [0.2, 0.25) is 0 Å². The summed E-state index contributed by atoms with van der Waals surface area (Å²) in [5, 5.41) is 2.03. The van der Waals surface area contributed by atoms with Crippen molar-refractivity contribution in [1.29, 1.82) is 0 Å². The van der Waals surface area contributed by atoms with E-state index >= 15 is 0 Å². The molecule has 4 rings (SSSR count). The molecule has 0 aliphatic carbocycles. The summed E-state index contributed by atoms with van der Waals surface area (Å²) in [6, 6.07) is 2.01.